The van der Waals surface area contributed by atoms with Crippen LogP contribution in [-0.2, 0) is 36.8 Å². The molecule has 0 radical (unpaired) electrons. The SMILES string of the molecule is CC(C)C.CCO.CNC(=O)CNC(=O)[C@@H](CC(=O)NO)CC(C)C.Cc1c(C)c2c(c(C)c1O)CCC(C)(C(=O)N(C)CCOc1ccc(CC3SC(=O)NC3=O)cc1)O2. The third kappa shape index (κ3) is 17.9. The van der Waals surface area contributed by atoms with Crippen LogP contribution in [0.4, 0.5) is 4.79 Å². The fraction of sp³-hybridized carbons (Fsp3) is 0.591. The molecule has 16 nitrogen and oxygen atoms in total. The zero-order valence-corrected chi connectivity index (χ0v) is 38.8. The van der Waals surface area contributed by atoms with E-state index in [-0.39, 0.29) is 54.4 Å². The number of carbonyl (C=O) groups is 6. The van der Waals surface area contributed by atoms with E-state index >= 15 is 0 Å². The van der Waals surface area contributed by atoms with E-state index in [0.29, 0.717) is 56.1 Å². The number of phenolic OH excluding ortho intramolecular Hbond substituents is 1. The van der Waals surface area contributed by atoms with Crippen LogP contribution in [0.2, 0.25) is 0 Å². The molecule has 0 spiro atoms. The Morgan fingerprint density at radius 2 is 1.61 bits per heavy atom. The topological polar surface area (TPSA) is 233 Å². The molecule has 61 heavy (non-hydrogen) atoms. The summed E-state index contributed by atoms with van der Waals surface area (Å²) in [7, 11) is 3.21. The van der Waals surface area contributed by atoms with Gasteiger partial charge in [0, 0.05) is 45.0 Å². The number of aliphatic hydroxyl groups is 1. The Balaban J connectivity index is 0.000000623. The van der Waals surface area contributed by atoms with Crippen LogP contribution in [0.5, 0.6) is 17.2 Å². The summed E-state index contributed by atoms with van der Waals surface area (Å²) < 4.78 is 12.1. The molecule has 1 saturated heterocycles. The second-order valence-corrected chi connectivity index (χ2v) is 17.4. The zero-order chi connectivity index (χ0) is 46.6. The molecule has 2 aliphatic rings. The number of ether oxygens (including phenoxy) is 2. The molecule has 6 amide bonds. The highest BCUT2D eigenvalue weighted by atomic mass is 32.2. The Morgan fingerprint density at radius 1 is 1.02 bits per heavy atom. The summed E-state index contributed by atoms with van der Waals surface area (Å²) in [4.78, 5) is 71.9. The number of amides is 6. The summed E-state index contributed by atoms with van der Waals surface area (Å²) in [6, 6.07) is 7.39. The number of fused-ring (bicyclic) bond motifs is 1. The van der Waals surface area contributed by atoms with Gasteiger partial charge < -0.3 is 35.2 Å². The van der Waals surface area contributed by atoms with E-state index in [2.05, 4.69) is 36.7 Å². The lowest BCUT2D eigenvalue weighted by Gasteiger charge is -2.38. The van der Waals surface area contributed by atoms with Gasteiger partial charge in [0.2, 0.25) is 23.6 Å². The van der Waals surface area contributed by atoms with Gasteiger partial charge in [-0.3, -0.25) is 39.3 Å². The molecule has 0 bridgehead atoms. The van der Waals surface area contributed by atoms with E-state index in [9.17, 15) is 33.9 Å². The number of aromatic hydroxyl groups is 1. The number of phenols is 1. The quantitative estimate of drug-likeness (QED) is 0.0993. The fourth-order valence-corrected chi connectivity index (χ4v) is 7.05. The van der Waals surface area contributed by atoms with E-state index in [1.165, 1.54) is 12.5 Å². The van der Waals surface area contributed by atoms with Crippen molar-refractivity contribution in [3.05, 3.63) is 52.1 Å². The maximum absolute atomic E-state index is 13.3. The Labute approximate surface area is 365 Å². The number of thioether (sulfide) groups is 1. The van der Waals surface area contributed by atoms with Crippen molar-refractivity contribution in [1.29, 1.82) is 0 Å². The molecule has 0 aliphatic carbocycles. The van der Waals surface area contributed by atoms with Crippen molar-refractivity contribution in [2.45, 2.75) is 112 Å². The standard InChI is InChI=1S/C27H32N2O6S.C11H21N3O4.C4H10.C2H6O/c1-15-16(2)23-20(17(3)22(15)30)10-11-27(4,35-23)25(32)29(5)12-13-34-19-8-6-18(7-9-19)14-21-24(31)28-26(33)36-21;1-7(2)4-8(5-9(15)14-18)11(17)13-6-10(16)12-3;1-4(2)3;1-2-3/h6-9,21,30H,10-14H2,1-5H3,(H,28,31,33);7-8,18H,4-6H2,1-3H3,(H,12,16)(H,13,17)(H,14,15);4H,1-3H3;3H,2H2,1H3/t;8-;;/m.1../s1. The third-order valence-corrected chi connectivity index (χ3v) is 10.5. The van der Waals surface area contributed by atoms with Gasteiger partial charge in [-0.2, -0.15) is 0 Å². The number of nitrogens with one attached hydrogen (secondary N) is 4. The molecule has 2 heterocycles. The minimum Gasteiger partial charge on any atom is -0.507 e. The van der Waals surface area contributed by atoms with Gasteiger partial charge in [0.25, 0.3) is 11.1 Å². The van der Waals surface area contributed by atoms with Crippen LogP contribution in [0.1, 0.15) is 95.5 Å². The molecule has 17 heteroatoms. The molecular weight excluding hydrogens is 807 g/mol. The van der Waals surface area contributed by atoms with E-state index < -0.39 is 22.7 Å². The lowest BCUT2D eigenvalue weighted by Crippen LogP contribution is -2.52. The Hall–Kier alpha value is -4.87. The molecule has 7 N–H and O–H groups in total. The maximum atomic E-state index is 13.3. The smallest absolute Gasteiger partial charge is 0.286 e. The first-order chi connectivity index (χ1) is 28.5. The summed E-state index contributed by atoms with van der Waals surface area (Å²) in [5, 5.41) is 32.8. The van der Waals surface area contributed by atoms with Crippen LogP contribution in [0.25, 0.3) is 0 Å². The molecule has 2 aromatic rings. The van der Waals surface area contributed by atoms with Crippen molar-refractivity contribution in [3.8, 4) is 17.2 Å². The second-order valence-electron chi connectivity index (χ2n) is 16.2. The Bertz CT molecular complexity index is 1790. The van der Waals surface area contributed by atoms with E-state index in [4.69, 9.17) is 19.8 Å². The predicted molar refractivity (Wildman–Crippen MR) is 236 cm³/mol. The number of rotatable bonds is 14. The van der Waals surface area contributed by atoms with Crippen LogP contribution >= 0.6 is 11.8 Å². The van der Waals surface area contributed by atoms with E-state index in [1.807, 2.05) is 65.8 Å². The average molecular weight is 876 g/mol. The maximum Gasteiger partial charge on any atom is 0.286 e. The van der Waals surface area contributed by atoms with Crippen molar-refractivity contribution in [2.75, 3.05) is 40.4 Å². The monoisotopic (exact) mass is 875 g/mol. The largest absolute Gasteiger partial charge is 0.507 e. The summed E-state index contributed by atoms with van der Waals surface area (Å²) in [6.07, 6.45) is 2.06. The van der Waals surface area contributed by atoms with Crippen LogP contribution in [-0.4, -0.2) is 106 Å². The van der Waals surface area contributed by atoms with Crippen molar-refractivity contribution < 1.29 is 53.7 Å². The Morgan fingerprint density at radius 3 is 2.11 bits per heavy atom. The fourth-order valence-electron chi connectivity index (χ4n) is 6.19. The van der Waals surface area contributed by atoms with Crippen LogP contribution in [0.3, 0.4) is 0 Å². The minimum absolute atomic E-state index is 0.103. The van der Waals surface area contributed by atoms with Crippen molar-refractivity contribution in [2.24, 2.45) is 17.8 Å². The number of benzene rings is 2. The number of carbonyl (C=O) groups excluding carboxylic acids is 6. The molecule has 2 unspecified atom stereocenters. The normalized spacial score (nSPS) is 16.8. The van der Waals surface area contributed by atoms with Gasteiger partial charge in [-0.25, -0.2) is 5.48 Å². The van der Waals surface area contributed by atoms with Crippen molar-refractivity contribution in [3.63, 3.8) is 0 Å². The van der Waals surface area contributed by atoms with Crippen molar-refractivity contribution in [1.82, 2.24) is 26.3 Å². The average Bonchev–Trinajstić information content (AvgIpc) is 3.53. The number of imide groups is 1. The first kappa shape index (κ1) is 54.1. The number of hydrogen-bond acceptors (Lipinski definition) is 12. The Kier molecular flexibility index (Phi) is 23.5. The number of hydrogen-bond donors (Lipinski definition) is 7. The lowest BCUT2D eigenvalue weighted by molar-refractivity contribution is -0.147. The summed E-state index contributed by atoms with van der Waals surface area (Å²) in [6.45, 7) is 20.3. The van der Waals surface area contributed by atoms with Gasteiger partial charge in [0.1, 0.15) is 23.9 Å². The van der Waals surface area contributed by atoms with Gasteiger partial charge in [0.15, 0.2) is 5.60 Å². The van der Waals surface area contributed by atoms with Gasteiger partial charge in [-0.15, -0.1) is 0 Å². The van der Waals surface area contributed by atoms with Gasteiger partial charge in [0.05, 0.1) is 18.3 Å². The first-order valence-corrected chi connectivity index (χ1v) is 21.4. The molecular formula is C44H69N5O11S. The highest BCUT2D eigenvalue weighted by molar-refractivity contribution is 8.15. The molecule has 2 aliphatic heterocycles. The molecule has 0 saturated carbocycles. The van der Waals surface area contributed by atoms with Gasteiger partial charge in [-0.1, -0.05) is 58.5 Å². The number of aliphatic hydroxyl groups excluding tert-OH is 1. The third-order valence-electron chi connectivity index (χ3n) is 9.51. The zero-order valence-electron chi connectivity index (χ0n) is 37.9. The molecule has 342 valence electrons. The molecule has 2 aromatic carbocycles. The lowest BCUT2D eigenvalue weighted by atomic mass is 9.86. The van der Waals surface area contributed by atoms with Crippen LogP contribution in [0.15, 0.2) is 24.3 Å². The molecule has 3 atom stereocenters. The second kappa shape index (κ2) is 26.5. The molecule has 0 aromatic heterocycles. The summed E-state index contributed by atoms with van der Waals surface area (Å²) in [5.74, 6) is 0.513. The predicted octanol–water partition coefficient (Wildman–Crippen LogP) is 4.90. The van der Waals surface area contributed by atoms with Crippen LogP contribution < -0.4 is 30.9 Å². The van der Waals surface area contributed by atoms with Gasteiger partial charge in [-0.05, 0) is 100 Å². The highest BCUT2D eigenvalue weighted by Crippen LogP contribution is 2.43. The van der Waals surface area contributed by atoms with E-state index in [0.717, 1.165) is 45.5 Å². The summed E-state index contributed by atoms with van der Waals surface area (Å²) >= 11 is 1.01. The first-order valence-electron chi connectivity index (χ1n) is 20.6. The van der Waals surface area contributed by atoms with Crippen LogP contribution in [0, 0.1) is 38.5 Å². The van der Waals surface area contributed by atoms with Crippen molar-refractivity contribution >= 4 is 46.5 Å². The van der Waals surface area contributed by atoms with Gasteiger partial charge >= 0.3 is 0 Å². The highest BCUT2D eigenvalue weighted by Gasteiger charge is 2.42. The number of likely N-dealkylation sites (N-methyl/N-ethyl adjacent to an activating group) is 2. The molecule has 1 fully saturated rings. The van der Waals surface area contributed by atoms with E-state index in [1.54, 1.807) is 18.9 Å². The number of nitrogens with zero attached hydrogens (tertiary/aromatic N) is 1. The summed E-state index contributed by atoms with van der Waals surface area (Å²) in [5.41, 5.74) is 4.86. The number of hydroxylamine groups is 1. The molecule has 4 rings (SSSR count). The minimum atomic E-state index is -0.990.